The van der Waals surface area contributed by atoms with Crippen LogP contribution in [0.1, 0.15) is 48.3 Å². The molecule has 2 heterocycles. The van der Waals surface area contributed by atoms with Crippen molar-refractivity contribution in [3.05, 3.63) is 41.7 Å². The van der Waals surface area contributed by atoms with Crippen LogP contribution in [0.4, 0.5) is 0 Å². The Hall–Kier alpha value is -2.36. The number of benzene rings is 1. The minimum absolute atomic E-state index is 0.0489. The number of nitrogens with zero attached hydrogens (tertiary/aromatic N) is 1. The van der Waals surface area contributed by atoms with Crippen LogP contribution in [0.15, 0.2) is 30.3 Å². The average Bonchev–Trinajstić information content (AvgIpc) is 2.95. The lowest BCUT2D eigenvalue weighted by Crippen LogP contribution is -2.36. The van der Waals surface area contributed by atoms with Gasteiger partial charge in [0.25, 0.3) is 5.91 Å². The van der Waals surface area contributed by atoms with Gasteiger partial charge in [-0.3, -0.25) is 4.79 Å². The lowest BCUT2D eigenvalue weighted by molar-refractivity contribution is 0.0922. The van der Waals surface area contributed by atoms with Crippen LogP contribution < -0.4 is 5.32 Å². The molecule has 3 aromatic rings. The number of fused-ring (bicyclic) bond motifs is 3. The van der Waals surface area contributed by atoms with E-state index in [4.69, 9.17) is 0 Å². The maximum atomic E-state index is 12.6. The van der Waals surface area contributed by atoms with Crippen LogP contribution in [0.2, 0.25) is 0 Å². The number of pyridine rings is 1. The lowest BCUT2D eigenvalue weighted by Gasteiger charge is -2.22. The number of hydrogen-bond acceptors (Lipinski definition) is 2. The normalized spacial score (nSPS) is 16.0. The molecule has 0 aliphatic heterocycles. The molecule has 1 aliphatic carbocycles. The van der Waals surface area contributed by atoms with Gasteiger partial charge >= 0.3 is 0 Å². The van der Waals surface area contributed by atoms with Crippen molar-refractivity contribution in [1.82, 2.24) is 15.3 Å². The topological polar surface area (TPSA) is 57.8 Å². The fourth-order valence-corrected chi connectivity index (χ4v) is 3.63. The van der Waals surface area contributed by atoms with Gasteiger partial charge in [-0.2, -0.15) is 0 Å². The summed E-state index contributed by atoms with van der Waals surface area (Å²) < 4.78 is 0. The molecule has 1 saturated carbocycles. The number of para-hydroxylation sites is 1. The van der Waals surface area contributed by atoms with Crippen molar-refractivity contribution in [1.29, 1.82) is 0 Å². The van der Waals surface area contributed by atoms with Gasteiger partial charge in [0.1, 0.15) is 5.69 Å². The number of aryl methyl sites for hydroxylation is 1. The summed E-state index contributed by atoms with van der Waals surface area (Å²) in [6, 6.07) is 10.4. The van der Waals surface area contributed by atoms with Crippen molar-refractivity contribution >= 4 is 27.7 Å². The molecule has 1 fully saturated rings. The van der Waals surface area contributed by atoms with E-state index in [-0.39, 0.29) is 5.91 Å². The standard InChI is InChI=1S/C19H21N3O/c1-12-18-15(14-9-5-6-10-16(14)22-18)11-17(20-12)19(23)21-13-7-3-2-4-8-13/h5-6,9-11,13,22H,2-4,7-8H2,1H3,(H,21,23). The smallest absolute Gasteiger partial charge is 0.270 e. The minimum Gasteiger partial charge on any atom is -0.353 e. The van der Waals surface area contributed by atoms with Crippen LogP contribution in [0.25, 0.3) is 21.8 Å². The van der Waals surface area contributed by atoms with Crippen molar-refractivity contribution in [2.45, 2.75) is 45.1 Å². The van der Waals surface area contributed by atoms with Crippen LogP contribution in [0.3, 0.4) is 0 Å². The molecule has 4 heteroatoms. The Morgan fingerprint density at radius 1 is 1.17 bits per heavy atom. The number of amides is 1. The highest BCUT2D eigenvalue weighted by Gasteiger charge is 2.19. The van der Waals surface area contributed by atoms with E-state index in [0.29, 0.717) is 11.7 Å². The Kier molecular flexibility index (Phi) is 3.52. The summed E-state index contributed by atoms with van der Waals surface area (Å²) >= 11 is 0. The van der Waals surface area contributed by atoms with E-state index < -0.39 is 0 Å². The van der Waals surface area contributed by atoms with E-state index in [1.165, 1.54) is 19.3 Å². The molecule has 0 saturated heterocycles. The highest BCUT2D eigenvalue weighted by Crippen LogP contribution is 2.27. The number of nitrogens with one attached hydrogen (secondary N) is 2. The molecule has 2 aromatic heterocycles. The van der Waals surface area contributed by atoms with E-state index in [9.17, 15) is 4.79 Å². The summed E-state index contributed by atoms with van der Waals surface area (Å²) in [4.78, 5) is 20.5. The lowest BCUT2D eigenvalue weighted by atomic mass is 9.95. The summed E-state index contributed by atoms with van der Waals surface area (Å²) in [7, 11) is 0. The summed E-state index contributed by atoms with van der Waals surface area (Å²) in [6.07, 6.45) is 5.86. The number of carbonyl (C=O) groups is 1. The number of H-pyrrole nitrogens is 1. The minimum atomic E-state index is -0.0489. The predicted octanol–water partition coefficient (Wildman–Crippen LogP) is 4.09. The number of hydrogen-bond donors (Lipinski definition) is 2. The molecule has 118 valence electrons. The molecule has 4 nitrogen and oxygen atoms in total. The molecule has 0 radical (unpaired) electrons. The SMILES string of the molecule is Cc1nc(C(=O)NC2CCCCC2)cc2c1[nH]c1ccccc12. The highest BCUT2D eigenvalue weighted by atomic mass is 16.1. The van der Waals surface area contributed by atoms with Gasteiger partial charge in [0.2, 0.25) is 0 Å². The van der Waals surface area contributed by atoms with Gasteiger partial charge in [-0.15, -0.1) is 0 Å². The zero-order valence-electron chi connectivity index (χ0n) is 13.4. The van der Waals surface area contributed by atoms with Gasteiger partial charge < -0.3 is 10.3 Å². The Morgan fingerprint density at radius 2 is 1.96 bits per heavy atom. The third-order valence-corrected chi connectivity index (χ3v) is 4.85. The van der Waals surface area contributed by atoms with Crippen LogP contribution in [0.5, 0.6) is 0 Å². The molecule has 0 atom stereocenters. The highest BCUT2D eigenvalue weighted by molar-refractivity contribution is 6.10. The maximum absolute atomic E-state index is 12.6. The first kappa shape index (κ1) is 14.2. The van der Waals surface area contributed by atoms with E-state index in [1.807, 2.05) is 25.1 Å². The van der Waals surface area contributed by atoms with Gasteiger partial charge in [0.05, 0.1) is 11.2 Å². The second kappa shape index (κ2) is 5.69. The number of rotatable bonds is 2. The molecule has 0 unspecified atom stereocenters. The average molecular weight is 307 g/mol. The van der Waals surface area contributed by atoms with Crippen molar-refractivity contribution in [3.8, 4) is 0 Å². The van der Waals surface area contributed by atoms with Crippen molar-refractivity contribution < 1.29 is 4.79 Å². The quantitative estimate of drug-likeness (QED) is 0.749. The zero-order valence-corrected chi connectivity index (χ0v) is 13.4. The maximum Gasteiger partial charge on any atom is 0.270 e. The monoisotopic (exact) mass is 307 g/mol. The number of aromatic amines is 1. The second-order valence-corrected chi connectivity index (χ2v) is 6.49. The van der Waals surface area contributed by atoms with Crippen LogP contribution >= 0.6 is 0 Å². The first-order valence-corrected chi connectivity index (χ1v) is 8.41. The summed E-state index contributed by atoms with van der Waals surface area (Å²) in [5, 5.41) is 5.37. The van der Waals surface area contributed by atoms with Gasteiger partial charge in [0.15, 0.2) is 0 Å². The van der Waals surface area contributed by atoms with Gasteiger partial charge in [-0.25, -0.2) is 4.98 Å². The molecular weight excluding hydrogens is 286 g/mol. The largest absolute Gasteiger partial charge is 0.353 e. The van der Waals surface area contributed by atoms with Crippen molar-refractivity contribution in [3.63, 3.8) is 0 Å². The van der Waals surface area contributed by atoms with Gasteiger partial charge in [0, 0.05) is 22.3 Å². The number of aromatic nitrogens is 2. The van der Waals surface area contributed by atoms with Gasteiger partial charge in [-0.1, -0.05) is 37.5 Å². The van der Waals surface area contributed by atoms with Crippen LogP contribution in [0, 0.1) is 6.92 Å². The first-order chi connectivity index (χ1) is 11.2. The molecule has 0 spiro atoms. The Morgan fingerprint density at radius 3 is 2.78 bits per heavy atom. The molecule has 23 heavy (non-hydrogen) atoms. The van der Waals surface area contributed by atoms with Gasteiger partial charge in [-0.05, 0) is 31.9 Å². The van der Waals surface area contributed by atoms with Crippen LogP contribution in [-0.2, 0) is 0 Å². The van der Waals surface area contributed by atoms with Crippen LogP contribution in [-0.4, -0.2) is 21.9 Å². The molecule has 4 rings (SSSR count). The molecule has 0 bridgehead atoms. The fourth-order valence-electron chi connectivity index (χ4n) is 3.63. The molecule has 2 N–H and O–H groups in total. The van der Waals surface area contributed by atoms with E-state index in [0.717, 1.165) is 40.3 Å². The second-order valence-electron chi connectivity index (χ2n) is 6.49. The predicted molar refractivity (Wildman–Crippen MR) is 92.7 cm³/mol. The molecule has 1 aliphatic rings. The number of carbonyl (C=O) groups excluding carboxylic acids is 1. The molecule has 1 aromatic carbocycles. The zero-order chi connectivity index (χ0) is 15.8. The molecular formula is C19H21N3O. The Balaban J connectivity index is 1.72. The Bertz CT molecular complexity index is 875. The summed E-state index contributed by atoms with van der Waals surface area (Å²) in [5.74, 6) is -0.0489. The van der Waals surface area contributed by atoms with E-state index in [2.05, 4.69) is 27.4 Å². The fraction of sp³-hybridized carbons (Fsp3) is 0.368. The first-order valence-electron chi connectivity index (χ1n) is 8.41. The van der Waals surface area contributed by atoms with Crippen molar-refractivity contribution in [2.75, 3.05) is 0 Å². The Labute approximate surface area is 135 Å². The van der Waals surface area contributed by atoms with E-state index >= 15 is 0 Å². The summed E-state index contributed by atoms with van der Waals surface area (Å²) in [5.41, 5.74) is 3.48. The molecule has 1 amide bonds. The third kappa shape index (κ3) is 2.58. The third-order valence-electron chi connectivity index (χ3n) is 4.85. The van der Waals surface area contributed by atoms with Crippen molar-refractivity contribution in [2.24, 2.45) is 0 Å². The summed E-state index contributed by atoms with van der Waals surface area (Å²) in [6.45, 7) is 1.95. The van der Waals surface area contributed by atoms with E-state index in [1.54, 1.807) is 0 Å².